The van der Waals surface area contributed by atoms with Crippen molar-refractivity contribution in [1.29, 1.82) is 0 Å². The number of benzene rings is 3. The Hall–Kier alpha value is -3.66. The predicted molar refractivity (Wildman–Crippen MR) is 110 cm³/mol. The maximum Gasteiger partial charge on any atom is 0.573 e. The number of anilines is 2. The molecular formula is C23H17F5N2O3. The molecule has 0 spiro atoms. The third kappa shape index (κ3) is 4.09. The van der Waals surface area contributed by atoms with Gasteiger partial charge in [-0.3, -0.25) is 9.80 Å². The van der Waals surface area contributed by atoms with Crippen molar-refractivity contribution >= 4 is 17.4 Å². The van der Waals surface area contributed by atoms with Crippen molar-refractivity contribution in [3.8, 4) is 5.75 Å². The van der Waals surface area contributed by atoms with Gasteiger partial charge >= 0.3 is 12.4 Å². The molecule has 0 aliphatic carbocycles. The Bertz CT molecular complexity index is 1170. The van der Waals surface area contributed by atoms with Gasteiger partial charge in [0.15, 0.2) is 5.72 Å². The maximum absolute atomic E-state index is 13.5. The lowest BCUT2D eigenvalue weighted by atomic mass is 9.94. The van der Waals surface area contributed by atoms with Crippen LogP contribution < -0.4 is 14.5 Å². The van der Waals surface area contributed by atoms with Crippen molar-refractivity contribution in [2.45, 2.75) is 25.1 Å². The summed E-state index contributed by atoms with van der Waals surface area (Å²) < 4.78 is 69.2. The summed E-state index contributed by atoms with van der Waals surface area (Å²) in [4.78, 5) is 15.6. The standard InChI is InChI=1S/C23H17F5N2O3/c1-14-22(32,15-3-2-4-20(13-15)33-23(26,27)28)30(19-11-7-17(25)8-12-19)21(31)29(14)18-9-5-16(24)6-10-18/h2-14,32H,1H3/t14-,22?/m0/s1. The van der Waals surface area contributed by atoms with Crippen LogP contribution in [0.15, 0.2) is 72.8 Å². The van der Waals surface area contributed by atoms with Crippen molar-refractivity contribution in [3.63, 3.8) is 0 Å². The molecule has 1 heterocycles. The monoisotopic (exact) mass is 464 g/mol. The Morgan fingerprint density at radius 1 is 0.909 bits per heavy atom. The zero-order valence-electron chi connectivity index (χ0n) is 17.1. The third-order valence-corrected chi connectivity index (χ3v) is 5.39. The molecule has 10 heteroatoms. The van der Waals surface area contributed by atoms with Gasteiger partial charge in [-0.2, -0.15) is 0 Å². The van der Waals surface area contributed by atoms with Gasteiger partial charge < -0.3 is 9.84 Å². The van der Waals surface area contributed by atoms with Crippen molar-refractivity contribution in [3.05, 3.63) is 90.0 Å². The molecule has 1 unspecified atom stereocenters. The first kappa shape index (κ1) is 22.5. The van der Waals surface area contributed by atoms with Crippen LogP contribution in [0.2, 0.25) is 0 Å². The van der Waals surface area contributed by atoms with Crippen molar-refractivity contribution in [1.82, 2.24) is 0 Å². The van der Waals surface area contributed by atoms with Gasteiger partial charge in [0.1, 0.15) is 17.4 Å². The van der Waals surface area contributed by atoms with E-state index in [9.17, 15) is 31.9 Å². The molecule has 172 valence electrons. The Balaban J connectivity index is 1.87. The van der Waals surface area contributed by atoms with E-state index in [1.165, 1.54) is 48.2 Å². The summed E-state index contributed by atoms with van der Waals surface area (Å²) in [5.41, 5.74) is -1.91. The zero-order valence-corrected chi connectivity index (χ0v) is 17.1. The van der Waals surface area contributed by atoms with E-state index >= 15 is 0 Å². The van der Waals surface area contributed by atoms with Gasteiger partial charge in [0, 0.05) is 16.9 Å². The highest BCUT2D eigenvalue weighted by Crippen LogP contribution is 2.45. The first-order chi connectivity index (χ1) is 15.5. The molecule has 5 nitrogen and oxygen atoms in total. The summed E-state index contributed by atoms with van der Waals surface area (Å²) in [6, 6.07) is 12.4. The second-order valence-corrected chi connectivity index (χ2v) is 7.42. The van der Waals surface area contributed by atoms with Gasteiger partial charge in [0.05, 0.1) is 6.04 Å². The number of halogens is 5. The molecule has 4 rings (SSSR count). The Morgan fingerprint density at radius 3 is 2.00 bits per heavy atom. The van der Waals surface area contributed by atoms with Crippen LogP contribution in [0.4, 0.5) is 38.1 Å². The van der Waals surface area contributed by atoms with Crippen LogP contribution in [-0.4, -0.2) is 23.5 Å². The van der Waals surface area contributed by atoms with E-state index in [-0.39, 0.29) is 16.9 Å². The Labute approximate surface area is 185 Å². The summed E-state index contributed by atoms with van der Waals surface area (Å²) >= 11 is 0. The molecule has 3 aromatic rings. The van der Waals surface area contributed by atoms with E-state index in [0.29, 0.717) is 0 Å². The summed E-state index contributed by atoms with van der Waals surface area (Å²) in [5, 5.41) is 11.9. The van der Waals surface area contributed by atoms with E-state index in [4.69, 9.17) is 0 Å². The average Bonchev–Trinajstić information content (AvgIpc) is 2.95. The number of nitrogens with zero attached hydrogens (tertiary/aromatic N) is 2. The van der Waals surface area contributed by atoms with Crippen molar-refractivity contribution in [2.24, 2.45) is 0 Å². The number of aliphatic hydroxyl groups is 1. The third-order valence-electron chi connectivity index (χ3n) is 5.39. The fourth-order valence-corrected chi connectivity index (χ4v) is 3.91. The van der Waals surface area contributed by atoms with E-state index in [0.717, 1.165) is 41.3 Å². The molecule has 0 saturated carbocycles. The lowest BCUT2D eigenvalue weighted by Crippen LogP contribution is -2.48. The van der Waals surface area contributed by atoms with Crippen LogP contribution in [0.3, 0.4) is 0 Å². The number of urea groups is 1. The quantitative estimate of drug-likeness (QED) is 0.516. The molecule has 0 radical (unpaired) electrons. The van der Waals surface area contributed by atoms with Crippen LogP contribution in [-0.2, 0) is 5.72 Å². The van der Waals surface area contributed by atoms with Gasteiger partial charge in [-0.05, 0) is 67.6 Å². The molecule has 1 N–H and O–H groups in total. The number of alkyl halides is 3. The van der Waals surface area contributed by atoms with E-state index in [1.807, 2.05) is 0 Å². The molecule has 1 aliphatic heterocycles. The smallest absolute Gasteiger partial charge is 0.406 e. The summed E-state index contributed by atoms with van der Waals surface area (Å²) in [6.07, 6.45) is -4.96. The highest BCUT2D eigenvalue weighted by Gasteiger charge is 2.57. The van der Waals surface area contributed by atoms with Gasteiger partial charge in [-0.15, -0.1) is 13.2 Å². The molecule has 2 amide bonds. The normalized spacial score (nSPS) is 20.9. The maximum atomic E-state index is 13.5. The number of hydrogen-bond acceptors (Lipinski definition) is 3. The zero-order chi connectivity index (χ0) is 24.0. The van der Waals surface area contributed by atoms with Crippen LogP contribution in [0.5, 0.6) is 5.75 Å². The predicted octanol–water partition coefficient (Wildman–Crippen LogP) is 5.54. The molecule has 33 heavy (non-hydrogen) atoms. The van der Waals surface area contributed by atoms with E-state index in [2.05, 4.69) is 4.74 Å². The molecule has 1 saturated heterocycles. The average molecular weight is 464 g/mol. The first-order valence-corrected chi connectivity index (χ1v) is 9.74. The Morgan fingerprint density at radius 2 is 1.45 bits per heavy atom. The summed E-state index contributed by atoms with van der Waals surface area (Å²) in [6.45, 7) is 1.49. The van der Waals surface area contributed by atoms with Crippen LogP contribution in [0, 0.1) is 11.6 Å². The number of hydrogen-bond donors (Lipinski definition) is 1. The summed E-state index contributed by atoms with van der Waals surface area (Å²) in [5.74, 6) is -1.72. The number of amides is 2. The largest absolute Gasteiger partial charge is 0.573 e. The molecule has 1 aliphatic rings. The molecule has 1 fully saturated rings. The van der Waals surface area contributed by atoms with Gasteiger partial charge in [-0.25, -0.2) is 13.6 Å². The molecule has 3 aromatic carbocycles. The minimum absolute atomic E-state index is 0.0703. The van der Waals surface area contributed by atoms with Gasteiger partial charge in [0.25, 0.3) is 0 Å². The fourth-order valence-electron chi connectivity index (χ4n) is 3.91. The van der Waals surface area contributed by atoms with Crippen LogP contribution >= 0.6 is 0 Å². The Kier molecular flexibility index (Phi) is 5.49. The van der Waals surface area contributed by atoms with Crippen molar-refractivity contribution < 1.29 is 36.6 Å². The molecule has 2 atom stereocenters. The van der Waals surface area contributed by atoms with Gasteiger partial charge in [-0.1, -0.05) is 12.1 Å². The fraction of sp³-hybridized carbons (Fsp3) is 0.174. The van der Waals surface area contributed by atoms with E-state index < -0.39 is 41.5 Å². The molecule has 0 bridgehead atoms. The highest BCUT2D eigenvalue weighted by molar-refractivity contribution is 6.08. The van der Waals surface area contributed by atoms with E-state index in [1.54, 1.807) is 0 Å². The SMILES string of the molecule is C[C@@H]1N(c2ccc(F)cc2)C(=O)N(c2ccc(F)cc2)C1(O)c1cccc(OC(F)(F)F)c1. The minimum atomic E-state index is -4.96. The first-order valence-electron chi connectivity index (χ1n) is 9.74. The molecule has 0 aromatic heterocycles. The number of rotatable bonds is 4. The lowest BCUT2D eigenvalue weighted by Gasteiger charge is -2.35. The van der Waals surface area contributed by atoms with Crippen LogP contribution in [0.1, 0.15) is 12.5 Å². The number of carbonyl (C=O) groups excluding carboxylic acids is 1. The van der Waals surface area contributed by atoms with Crippen LogP contribution in [0.25, 0.3) is 0 Å². The molecular weight excluding hydrogens is 447 g/mol. The highest BCUT2D eigenvalue weighted by atomic mass is 19.4. The topological polar surface area (TPSA) is 53.0 Å². The second kappa shape index (κ2) is 8.04. The number of carbonyl (C=O) groups is 1. The summed E-state index contributed by atoms with van der Waals surface area (Å²) in [7, 11) is 0. The minimum Gasteiger partial charge on any atom is -0.406 e. The second-order valence-electron chi connectivity index (χ2n) is 7.42. The van der Waals surface area contributed by atoms with Crippen molar-refractivity contribution in [2.75, 3.05) is 9.80 Å². The number of ether oxygens (including phenoxy) is 1. The van der Waals surface area contributed by atoms with Gasteiger partial charge in [0.2, 0.25) is 0 Å². The lowest BCUT2D eigenvalue weighted by molar-refractivity contribution is -0.274.